The van der Waals surface area contributed by atoms with Crippen LogP contribution >= 0.6 is 0 Å². The lowest BCUT2D eigenvalue weighted by Crippen LogP contribution is -2.23. The Kier molecular flexibility index (Phi) is 4.62. The number of pyridine rings is 1. The molecule has 0 spiro atoms. The molecule has 0 unspecified atom stereocenters. The second kappa shape index (κ2) is 7.22. The van der Waals surface area contributed by atoms with Crippen LogP contribution in [-0.4, -0.2) is 32.5 Å². The molecule has 0 radical (unpaired) electrons. The lowest BCUT2D eigenvalue weighted by Gasteiger charge is -2.15. The van der Waals surface area contributed by atoms with Crippen LogP contribution in [0.5, 0.6) is 0 Å². The number of hydrogen-bond acceptors (Lipinski definition) is 5. The number of hydrogen-bond donors (Lipinski definition) is 0. The summed E-state index contributed by atoms with van der Waals surface area (Å²) >= 11 is 0. The highest BCUT2D eigenvalue weighted by atomic mass is 19.3. The van der Waals surface area contributed by atoms with Gasteiger partial charge in [-0.3, -0.25) is 9.78 Å². The monoisotopic (exact) mass is 370 g/mol. The minimum atomic E-state index is -2.62. The number of aromatic nitrogens is 3. The summed E-state index contributed by atoms with van der Waals surface area (Å²) in [6.45, 7) is 1.39. The third-order valence-corrected chi connectivity index (χ3v) is 4.44. The van der Waals surface area contributed by atoms with Gasteiger partial charge in [0, 0.05) is 36.8 Å². The van der Waals surface area contributed by atoms with Crippen molar-refractivity contribution in [2.24, 2.45) is 0 Å². The molecule has 1 aliphatic heterocycles. The molecular formula is C19H16F2N4O2. The third-order valence-electron chi connectivity index (χ3n) is 4.44. The minimum Gasteiger partial charge on any atom is -0.338 e. The molecule has 1 aliphatic rings. The van der Waals surface area contributed by atoms with Crippen molar-refractivity contribution < 1.29 is 18.1 Å². The van der Waals surface area contributed by atoms with Gasteiger partial charge < -0.3 is 9.42 Å². The van der Waals surface area contributed by atoms with E-state index in [0.717, 1.165) is 24.1 Å². The molecule has 2 aromatic heterocycles. The topological polar surface area (TPSA) is 72.1 Å². The summed E-state index contributed by atoms with van der Waals surface area (Å²) in [5.74, 6) is 0.795. The van der Waals surface area contributed by atoms with Crippen molar-refractivity contribution in [3.8, 4) is 22.8 Å². The molecule has 3 aromatic rings. The van der Waals surface area contributed by atoms with Gasteiger partial charge in [-0.2, -0.15) is 4.98 Å². The van der Waals surface area contributed by atoms with Crippen LogP contribution in [0.3, 0.4) is 0 Å². The highest BCUT2D eigenvalue weighted by Gasteiger charge is 2.20. The van der Waals surface area contributed by atoms with E-state index in [9.17, 15) is 13.6 Å². The summed E-state index contributed by atoms with van der Waals surface area (Å²) < 4.78 is 30.4. The first kappa shape index (κ1) is 17.3. The van der Waals surface area contributed by atoms with E-state index in [1.165, 1.54) is 18.3 Å². The molecule has 0 N–H and O–H groups in total. The lowest BCUT2D eigenvalue weighted by molar-refractivity contribution is -0.128. The fourth-order valence-corrected chi connectivity index (χ4v) is 2.97. The number of nitrogens with zero attached hydrogens (tertiary/aromatic N) is 4. The molecule has 1 aromatic carbocycles. The molecule has 0 atom stereocenters. The van der Waals surface area contributed by atoms with Crippen LogP contribution in [0.15, 0.2) is 47.1 Å². The SMILES string of the molecule is O=C1CCCN1Cc1ccc(-c2nc(-c3ccc(C(F)F)nc3)no2)cc1. The van der Waals surface area contributed by atoms with Crippen molar-refractivity contribution in [1.82, 2.24) is 20.0 Å². The van der Waals surface area contributed by atoms with Gasteiger partial charge in [0.2, 0.25) is 11.7 Å². The first-order valence-electron chi connectivity index (χ1n) is 8.55. The van der Waals surface area contributed by atoms with Gasteiger partial charge in [0.1, 0.15) is 5.69 Å². The molecule has 0 aliphatic carbocycles. The number of benzene rings is 1. The second-order valence-electron chi connectivity index (χ2n) is 6.31. The standard InChI is InChI=1S/C19H16F2N4O2/c20-17(21)15-8-7-14(10-22-15)18-23-19(27-24-18)13-5-3-12(4-6-13)11-25-9-1-2-16(25)26/h3-8,10,17H,1-2,9,11H2. The van der Waals surface area contributed by atoms with E-state index in [0.29, 0.717) is 24.4 Å². The highest BCUT2D eigenvalue weighted by Crippen LogP contribution is 2.24. The first-order valence-corrected chi connectivity index (χ1v) is 8.55. The van der Waals surface area contributed by atoms with Crippen LogP contribution < -0.4 is 0 Å². The molecule has 3 heterocycles. The van der Waals surface area contributed by atoms with Gasteiger partial charge in [-0.1, -0.05) is 17.3 Å². The van der Waals surface area contributed by atoms with Crippen molar-refractivity contribution in [2.45, 2.75) is 25.8 Å². The number of carbonyl (C=O) groups excluding carboxylic acids is 1. The molecule has 1 amide bonds. The molecule has 6 nitrogen and oxygen atoms in total. The van der Waals surface area contributed by atoms with Gasteiger partial charge in [0.05, 0.1) is 0 Å². The molecule has 1 saturated heterocycles. The number of amides is 1. The number of halogens is 2. The predicted octanol–water partition coefficient (Wildman–Crippen LogP) is 3.86. The quantitative estimate of drug-likeness (QED) is 0.682. The number of rotatable bonds is 5. The zero-order valence-corrected chi connectivity index (χ0v) is 14.3. The van der Waals surface area contributed by atoms with Crippen LogP contribution in [0.4, 0.5) is 8.78 Å². The third kappa shape index (κ3) is 3.69. The van der Waals surface area contributed by atoms with E-state index in [1.807, 2.05) is 29.2 Å². The van der Waals surface area contributed by atoms with Crippen LogP contribution in [-0.2, 0) is 11.3 Å². The van der Waals surface area contributed by atoms with Gasteiger partial charge >= 0.3 is 0 Å². The molecule has 4 rings (SSSR count). The Morgan fingerprint density at radius 2 is 1.89 bits per heavy atom. The fourth-order valence-electron chi connectivity index (χ4n) is 2.97. The van der Waals surface area contributed by atoms with E-state index in [2.05, 4.69) is 15.1 Å². The normalized spacial score (nSPS) is 14.3. The van der Waals surface area contributed by atoms with Crippen LogP contribution in [0.2, 0.25) is 0 Å². The van der Waals surface area contributed by atoms with E-state index in [1.54, 1.807) is 0 Å². The smallest absolute Gasteiger partial charge is 0.280 e. The maximum atomic E-state index is 12.6. The fraction of sp³-hybridized carbons (Fsp3) is 0.263. The first-order chi connectivity index (χ1) is 13.1. The van der Waals surface area contributed by atoms with Gasteiger partial charge in [-0.15, -0.1) is 0 Å². The van der Waals surface area contributed by atoms with E-state index in [-0.39, 0.29) is 17.4 Å². The number of carbonyl (C=O) groups is 1. The average Bonchev–Trinajstić information content (AvgIpc) is 3.32. The van der Waals surface area contributed by atoms with Crippen molar-refractivity contribution in [2.75, 3.05) is 6.54 Å². The Bertz CT molecular complexity index is 939. The van der Waals surface area contributed by atoms with Gasteiger partial charge in [-0.25, -0.2) is 8.78 Å². The summed E-state index contributed by atoms with van der Waals surface area (Å²) in [4.78, 5) is 21.6. The zero-order valence-electron chi connectivity index (χ0n) is 14.3. The van der Waals surface area contributed by atoms with Gasteiger partial charge in [-0.05, 0) is 36.2 Å². The van der Waals surface area contributed by atoms with Crippen LogP contribution in [0.1, 0.15) is 30.5 Å². The number of alkyl halides is 2. The maximum Gasteiger partial charge on any atom is 0.280 e. The minimum absolute atomic E-state index is 0.187. The van der Waals surface area contributed by atoms with Crippen molar-refractivity contribution in [1.29, 1.82) is 0 Å². The Labute approximate surface area is 153 Å². The van der Waals surface area contributed by atoms with Gasteiger partial charge in [0.15, 0.2) is 0 Å². The molecular weight excluding hydrogens is 354 g/mol. The van der Waals surface area contributed by atoms with Gasteiger partial charge in [0.25, 0.3) is 12.3 Å². The maximum absolute atomic E-state index is 12.6. The predicted molar refractivity (Wildman–Crippen MR) is 92.6 cm³/mol. The van der Waals surface area contributed by atoms with Crippen LogP contribution in [0, 0.1) is 0 Å². The van der Waals surface area contributed by atoms with Crippen LogP contribution in [0.25, 0.3) is 22.8 Å². The molecule has 27 heavy (non-hydrogen) atoms. The Balaban J connectivity index is 1.48. The van der Waals surface area contributed by atoms with Crippen molar-refractivity contribution in [3.63, 3.8) is 0 Å². The Morgan fingerprint density at radius 1 is 1.11 bits per heavy atom. The van der Waals surface area contributed by atoms with Crippen molar-refractivity contribution in [3.05, 3.63) is 53.9 Å². The molecule has 138 valence electrons. The molecule has 8 heteroatoms. The van der Waals surface area contributed by atoms with E-state index < -0.39 is 6.43 Å². The summed E-state index contributed by atoms with van der Waals surface area (Å²) in [6, 6.07) is 10.3. The summed E-state index contributed by atoms with van der Waals surface area (Å²) in [6.07, 6.45) is 0.214. The average molecular weight is 370 g/mol. The largest absolute Gasteiger partial charge is 0.338 e. The lowest BCUT2D eigenvalue weighted by atomic mass is 10.1. The Morgan fingerprint density at radius 3 is 2.52 bits per heavy atom. The van der Waals surface area contributed by atoms with E-state index in [4.69, 9.17) is 4.52 Å². The summed E-state index contributed by atoms with van der Waals surface area (Å²) in [7, 11) is 0. The number of likely N-dealkylation sites (tertiary alicyclic amines) is 1. The van der Waals surface area contributed by atoms with E-state index >= 15 is 0 Å². The zero-order chi connectivity index (χ0) is 18.8. The molecule has 0 saturated carbocycles. The highest BCUT2D eigenvalue weighted by molar-refractivity contribution is 5.78. The second-order valence-corrected chi connectivity index (χ2v) is 6.31. The summed E-state index contributed by atoms with van der Waals surface area (Å²) in [5.41, 5.74) is 1.97. The summed E-state index contributed by atoms with van der Waals surface area (Å²) in [5, 5.41) is 3.89. The molecule has 1 fully saturated rings. The van der Waals surface area contributed by atoms with Crippen molar-refractivity contribution >= 4 is 5.91 Å². The Hall–Kier alpha value is -3.16. The molecule has 0 bridgehead atoms.